The number of H-pyrrole nitrogens is 1. The van der Waals surface area contributed by atoms with Crippen LogP contribution < -0.4 is 0 Å². The summed E-state index contributed by atoms with van der Waals surface area (Å²) in [6.45, 7) is 7.81. The van der Waals surface area contributed by atoms with Gasteiger partial charge in [0.1, 0.15) is 0 Å². The van der Waals surface area contributed by atoms with E-state index in [0.29, 0.717) is 6.04 Å². The van der Waals surface area contributed by atoms with Crippen LogP contribution in [0.4, 0.5) is 0 Å². The van der Waals surface area contributed by atoms with Crippen LogP contribution in [-0.2, 0) is 0 Å². The zero-order valence-corrected chi connectivity index (χ0v) is 13.0. The molecule has 3 rings (SSSR count). The van der Waals surface area contributed by atoms with Crippen LogP contribution in [0.25, 0.3) is 11.2 Å². The number of hydrogen-bond donors (Lipinski definition) is 1. The molecule has 108 valence electrons. The Hall–Kier alpha value is -1.20. The van der Waals surface area contributed by atoms with E-state index in [1.807, 2.05) is 12.3 Å². The van der Waals surface area contributed by atoms with E-state index in [2.05, 4.69) is 33.3 Å². The summed E-state index contributed by atoms with van der Waals surface area (Å²) in [5, 5.41) is 0. The molecule has 0 amide bonds. The minimum atomic E-state index is 0.351. The van der Waals surface area contributed by atoms with Gasteiger partial charge < -0.3 is 9.88 Å². The van der Waals surface area contributed by atoms with Crippen LogP contribution in [0.5, 0.6) is 0 Å². The van der Waals surface area contributed by atoms with Gasteiger partial charge in [0.05, 0.1) is 5.52 Å². The molecule has 0 spiro atoms. The third-order valence-corrected chi connectivity index (χ3v) is 4.53. The molecule has 1 aliphatic heterocycles. The van der Waals surface area contributed by atoms with Gasteiger partial charge in [0.25, 0.3) is 0 Å². The molecule has 1 unspecified atom stereocenters. The number of piperidine rings is 1. The highest BCUT2D eigenvalue weighted by molar-refractivity contribution is 7.71. The summed E-state index contributed by atoms with van der Waals surface area (Å²) >= 11 is 5.51. The van der Waals surface area contributed by atoms with Crippen LogP contribution >= 0.6 is 12.2 Å². The third-order valence-electron chi connectivity index (χ3n) is 4.23. The number of imidazole rings is 1. The first kappa shape index (κ1) is 13.8. The third kappa shape index (κ3) is 2.52. The van der Waals surface area contributed by atoms with Crippen LogP contribution in [0.3, 0.4) is 0 Å². The molecular weight excluding hydrogens is 268 g/mol. The molecule has 2 aromatic heterocycles. The monoisotopic (exact) mass is 290 g/mol. The summed E-state index contributed by atoms with van der Waals surface area (Å²) in [5.41, 5.74) is 3.26. The molecule has 1 N–H and O–H groups in total. The predicted molar refractivity (Wildman–Crippen MR) is 84.7 cm³/mol. The summed E-state index contributed by atoms with van der Waals surface area (Å²) in [6, 6.07) is 2.37. The minimum absolute atomic E-state index is 0.351. The summed E-state index contributed by atoms with van der Waals surface area (Å²) in [7, 11) is 0. The summed E-state index contributed by atoms with van der Waals surface area (Å²) in [5.74, 6) is 0. The lowest BCUT2D eigenvalue weighted by Gasteiger charge is -2.29. The maximum Gasteiger partial charge on any atom is 0.179 e. The number of aryl methyl sites for hydroxylation is 1. The molecule has 5 heteroatoms. The second-order valence-electron chi connectivity index (χ2n) is 5.84. The fraction of sp³-hybridized carbons (Fsp3) is 0.600. The molecule has 0 radical (unpaired) electrons. The summed E-state index contributed by atoms with van der Waals surface area (Å²) in [6.07, 6.45) is 5.88. The van der Waals surface area contributed by atoms with Crippen LogP contribution in [0.1, 0.15) is 37.8 Å². The topological polar surface area (TPSA) is 36.9 Å². The lowest BCUT2D eigenvalue weighted by Crippen LogP contribution is -2.34. The SMILES string of the molecule is Cc1ccnc2c1[nH]c(=S)n2C(C)CN1CCCCC1. The maximum atomic E-state index is 5.51. The van der Waals surface area contributed by atoms with Crippen molar-refractivity contribution in [1.29, 1.82) is 0 Å². The highest BCUT2D eigenvalue weighted by atomic mass is 32.1. The standard InChI is InChI=1S/C15H22N4S/c1-11-6-7-16-14-13(11)17-15(20)19(14)12(2)10-18-8-4-3-5-9-18/h6-7,12H,3-5,8-10H2,1-2H3,(H,17,20). The van der Waals surface area contributed by atoms with E-state index in [0.717, 1.165) is 22.5 Å². The summed E-state index contributed by atoms with van der Waals surface area (Å²) in [4.78, 5) is 10.4. The van der Waals surface area contributed by atoms with Crippen molar-refractivity contribution in [3.63, 3.8) is 0 Å². The largest absolute Gasteiger partial charge is 0.329 e. The number of aromatic amines is 1. The number of hydrogen-bond acceptors (Lipinski definition) is 3. The Morgan fingerprint density at radius 3 is 2.85 bits per heavy atom. The van der Waals surface area contributed by atoms with Gasteiger partial charge in [0.2, 0.25) is 0 Å². The maximum absolute atomic E-state index is 5.51. The van der Waals surface area contributed by atoms with Crippen molar-refractivity contribution >= 4 is 23.4 Å². The predicted octanol–water partition coefficient (Wildman–Crippen LogP) is 3.45. The summed E-state index contributed by atoms with van der Waals surface area (Å²) < 4.78 is 2.96. The fourth-order valence-electron chi connectivity index (χ4n) is 3.15. The number of fused-ring (bicyclic) bond motifs is 1. The molecule has 0 saturated carbocycles. The van der Waals surface area contributed by atoms with E-state index in [-0.39, 0.29) is 0 Å². The smallest absolute Gasteiger partial charge is 0.179 e. The van der Waals surface area contributed by atoms with E-state index in [1.54, 1.807) is 0 Å². The molecule has 1 saturated heterocycles. The number of nitrogens with one attached hydrogen (secondary N) is 1. The lowest BCUT2D eigenvalue weighted by atomic mass is 10.1. The first-order valence-electron chi connectivity index (χ1n) is 7.45. The van der Waals surface area contributed by atoms with Gasteiger partial charge in [0.15, 0.2) is 10.4 Å². The van der Waals surface area contributed by atoms with Crippen LogP contribution in [-0.4, -0.2) is 39.1 Å². The van der Waals surface area contributed by atoms with Gasteiger partial charge in [0, 0.05) is 18.8 Å². The van der Waals surface area contributed by atoms with Crippen molar-refractivity contribution in [2.75, 3.05) is 19.6 Å². The number of likely N-dealkylation sites (tertiary alicyclic amines) is 1. The number of nitrogens with zero attached hydrogens (tertiary/aromatic N) is 3. The molecule has 0 bridgehead atoms. The normalized spacial score (nSPS) is 18.5. The van der Waals surface area contributed by atoms with Gasteiger partial charge in [-0.15, -0.1) is 0 Å². The van der Waals surface area contributed by atoms with Crippen LogP contribution in [0.2, 0.25) is 0 Å². The minimum Gasteiger partial charge on any atom is -0.329 e. The van der Waals surface area contributed by atoms with E-state index in [1.165, 1.54) is 37.9 Å². The number of rotatable bonds is 3. The Balaban J connectivity index is 1.91. The average molecular weight is 290 g/mol. The van der Waals surface area contributed by atoms with Crippen molar-refractivity contribution in [2.45, 2.75) is 39.2 Å². The average Bonchev–Trinajstić information content (AvgIpc) is 2.78. The van der Waals surface area contributed by atoms with Gasteiger partial charge in [-0.1, -0.05) is 6.42 Å². The second kappa shape index (κ2) is 5.66. The molecule has 1 fully saturated rings. The number of pyridine rings is 1. The van der Waals surface area contributed by atoms with Crippen LogP contribution in [0.15, 0.2) is 12.3 Å². The zero-order valence-electron chi connectivity index (χ0n) is 12.2. The molecule has 2 aromatic rings. The van der Waals surface area contributed by atoms with Gasteiger partial charge >= 0.3 is 0 Å². The first-order chi connectivity index (χ1) is 9.66. The molecule has 20 heavy (non-hydrogen) atoms. The fourth-order valence-corrected chi connectivity index (χ4v) is 3.52. The van der Waals surface area contributed by atoms with Crippen molar-refractivity contribution in [3.05, 3.63) is 22.6 Å². The lowest BCUT2D eigenvalue weighted by molar-refractivity contribution is 0.202. The highest BCUT2D eigenvalue weighted by Gasteiger charge is 2.18. The molecule has 0 aliphatic carbocycles. The molecule has 3 heterocycles. The zero-order chi connectivity index (χ0) is 14.1. The Labute approximate surface area is 124 Å². The Kier molecular flexibility index (Phi) is 3.89. The van der Waals surface area contributed by atoms with Crippen molar-refractivity contribution in [3.8, 4) is 0 Å². The molecular formula is C15H22N4S. The van der Waals surface area contributed by atoms with Gasteiger partial charge in [-0.2, -0.15) is 0 Å². The van der Waals surface area contributed by atoms with Crippen LogP contribution in [0, 0.1) is 11.7 Å². The molecule has 1 aliphatic rings. The first-order valence-corrected chi connectivity index (χ1v) is 7.86. The highest BCUT2D eigenvalue weighted by Crippen LogP contribution is 2.21. The Morgan fingerprint density at radius 2 is 2.10 bits per heavy atom. The van der Waals surface area contributed by atoms with E-state index < -0.39 is 0 Å². The second-order valence-corrected chi connectivity index (χ2v) is 6.22. The van der Waals surface area contributed by atoms with Crippen molar-refractivity contribution in [2.24, 2.45) is 0 Å². The van der Waals surface area contributed by atoms with Crippen molar-refractivity contribution in [1.82, 2.24) is 19.4 Å². The Bertz CT molecular complexity index is 651. The van der Waals surface area contributed by atoms with Crippen molar-refractivity contribution < 1.29 is 0 Å². The molecule has 4 nitrogen and oxygen atoms in total. The van der Waals surface area contributed by atoms with Gasteiger partial charge in [-0.25, -0.2) is 4.98 Å². The number of aromatic nitrogens is 3. The van der Waals surface area contributed by atoms with E-state index in [9.17, 15) is 0 Å². The Morgan fingerprint density at radius 1 is 1.35 bits per heavy atom. The quantitative estimate of drug-likeness (QED) is 0.880. The molecule has 1 atom stereocenters. The van der Waals surface area contributed by atoms with E-state index in [4.69, 9.17) is 12.2 Å². The van der Waals surface area contributed by atoms with Gasteiger partial charge in [-0.05, 0) is 63.6 Å². The van der Waals surface area contributed by atoms with E-state index >= 15 is 0 Å². The van der Waals surface area contributed by atoms with Gasteiger partial charge in [-0.3, -0.25) is 4.57 Å². The molecule has 0 aromatic carbocycles.